The number of ether oxygens (including phenoxy) is 1. The van der Waals surface area contributed by atoms with Gasteiger partial charge in [0.25, 0.3) is 0 Å². The quantitative estimate of drug-likeness (QED) is 0.134. The van der Waals surface area contributed by atoms with Gasteiger partial charge >= 0.3 is 0 Å². The van der Waals surface area contributed by atoms with E-state index in [1.165, 1.54) is 44.5 Å². The first kappa shape index (κ1) is 27.8. The third-order valence-corrected chi connectivity index (χ3v) is 9.76. The second-order valence-electron chi connectivity index (χ2n) is 11.8. The fraction of sp³-hybridized carbons (Fsp3) is 0.270. The van der Waals surface area contributed by atoms with Crippen LogP contribution in [0.2, 0.25) is 0 Å². The maximum absolute atomic E-state index is 6.80. The molecule has 4 heterocycles. The number of halogens is 1. The molecule has 4 heteroatoms. The average Bonchev–Trinajstić information content (AvgIpc) is 3.01. The summed E-state index contributed by atoms with van der Waals surface area (Å²) in [4.78, 5) is 4.68. The van der Waals surface area contributed by atoms with Crippen molar-refractivity contribution in [2.75, 3.05) is 19.7 Å². The summed E-state index contributed by atoms with van der Waals surface area (Å²) in [5, 5.41) is 6.56. The van der Waals surface area contributed by atoms with Gasteiger partial charge in [0.2, 0.25) is 0 Å². The number of pyridine rings is 1. The van der Waals surface area contributed by atoms with E-state index in [9.17, 15) is 0 Å². The minimum Gasteiger partial charge on any atom is -1.00 e. The Labute approximate surface area is 253 Å². The van der Waals surface area contributed by atoms with E-state index in [-0.39, 0.29) is 23.1 Å². The fourth-order valence-electron chi connectivity index (χ4n) is 7.90. The average molecular weight is 606 g/mol. The summed E-state index contributed by atoms with van der Waals surface area (Å²) in [7, 11) is 0. The van der Waals surface area contributed by atoms with Crippen molar-refractivity contribution in [3.63, 3.8) is 0 Å². The number of fused-ring (bicyclic) bond motifs is 6. The van der Waals surface area contributed by atoms with Crippen molar-refractivity contribution in [1.29, 1.82) is 0 Å². The summed E-state index contributed by atoms with van der Waals surface area (Å²) in [6.07, 6.45) is 8.41. The minimum absolute atomic E-state index is 0. The lowest BCUT2D eigenvalue weighted by Crippen LogP contribution is -3.00. The Balaban J connectivity index is 0.00000302. The van der Waals surface area contributed by atoms with E-state index in [1.54, 1.807) is 0 Å². The van der Waals surface area contributed by atoms with Crippen LogP contribution in [0.15, 0.2) is 116 Å². The smallest absolute Gasteiger partial charge is 0.135 e. The van der Waals surface area contributed by atoms with Gasteiger partial charge in [0.15, 0.2) is 0 Å². The molecule has 3 aliphatic rings. The molecule has 5 unspecified atom stereocenters. The van der Waals surface area contributed by atoms with Gasteiger partial charge in [0.1, 0.15) is 18.7 Å². The Morgan fingerprint density at radius 2 is 1.59 bits per heavy atom. The number of hydrogen-bond acceptors (Lipinski definition) is 2. The van der Waals surface area contributed by atoms with Crippen molar-refractivity contribution in [3.8, 4) is 0 Å². The van der Waals surface area contributed by atoms with Gasteiger partial charge in [-0.25, -0.2) is 0 Å². The van der Waals surface area contributed by atoms with Gasteiger partial charge in [-0.1, -0.05) is 78.9 Å². The molecule has 0 spiro atoms. The van der Waals surface area contributed by atoms with Crippen molar-refractivity contribution in [1.82, 2.24) is 4.98 Å². The largest absolute Gasteiger partial charge is 1.00 e. The lowest BCUT2D eigenvalue weighted by molar-refractivity contribution is -0.984. The standard InChI is InChI=1S/C37H37N2O.BrH/c1-3-21-40-37(33-17-19-38-35-16-10-9-15-32(33)35)36-23-27-18-20-39(36,24-26(27)4-2)25-34-30-13-7-5-11-28(30)22-29-12-6-8-14-31(29)34;/h3-17,19,22,26-27,36-37H,1-2,18,20-21,23-25H2;1H/q+1;/p-1. The summed E-state index contributed by atoms with van der Waals surface area (Å²) < 4.78 is 7.81. The van der Waals surface area contributed by atoms with E-state index in [1.807, 2.05) is 12.3 Å². The first-order valence-electron chi connectivity index (χ1n) is 14.6. The molecule has 3 nitrogen and oxygen atoms in total. The highest BCUT2D eigenvalue weighted by atomic mass is 79.9. The molecule has 0 N–H and O–H groups in total. The Morgan fingerprint density at radius 1 is 0.902 bits per heavy atom. The van der Waals surface area contributed by atoms with Gasteiger partial charge in [-0.2, -0.15) is 0 Å². The van der Waals surface area contributed by atoms with E-state index in [0.717, 1.165) is 36.1 Å². The number of nitrogens with zero attached hydrogens (tertiary/aromatic N) is 2. The fourth-order valence-corrected chi connectivity index (χ4v) is 7.90. The predicted octanol–water partition coefficient (Wildman–Crippen LogP) is 5.40. The van der Waals surface area contributed by atoms with Crippen molar-refractivity contribution in [2.24, 2.45) is 11.8 Å². The topological polar surface area (TPSA) is 22.1 Å². The Bertz CT molecular complexity index is 1670. The first-order valence-corrected chi connectivity index (χ1v) is 14.6. The molecule has 3 saturated heterocycles. The Kier molecular flexibility index (Phi) is 7.82. The summed E-state index contributed by atoms with van der Waals surface area (Å²) in [6.45, 7) is 12.1. The number of piperidine rings is 3. The van der Waals surface area contributed by atoms with Crippen LogP contribution in [0.3, 0.4) is 0 Å². The predicted molar refractivity (Wildman–Crippen MR) is 166 cm³/mol. The van der Waals surface area contributed by atoms with Crippen LogP contribution in [0.25, 0.3) is 32.4 Å². The van der Waals surface area contributed by atoms with Crippen LogP contribution in [0.1, 0.15) is 30.1 Å². The second-order valence-corrected chi connectivity index (χ2v) is 11.8. The molecule has 2 bridgehead atoms. The Hall–Kier alpha value is -3.31. The van der Waals surface area contributed by atoms with Crippen molar-refractivity contribution in [3.05, 3.63) is 128 Å². The number of para-hydroxylation sites is 1. The van der Waals surface area contributed by atoms with Gasteiger partial charge < -0.3 is 26.2 Å². The van der Waals surface area contributed by atoms with E-state index in [4.69, 9.17) is 4.74 Å². The normalized spacial score (nSPS) is 24.2. The number of aromatic nitrogens is 1. The summed E-state index contributed by atoms with van der Waals surface area (Å²) in [5.74, 6) is 1.18. The van der Waals surface area contributed by atoms with Crippen LogP contribution < -0.4 is 17.0 Å². The van der Waals surface area contributed by atoms with E-state index in [2.05, 4.69) is 109 Å². The van der Waals surface area contributed by atoms with Crippen molar-refractivity contribution >= 4 is 32.4 Å². The number of rotatable bonds is 8. The molecular formula is C37H37BrN2O. The Morgan fingerprint density at radius 3 is 2.29 bits per heavy atom. The van der Waals surface area contributed by atoms with E-state index in [0.29, 0.717) is 24.5 Å². The van der Waals surface area contributed by atoms with Crippen LogP contribution in [-0.2, 0) is 11.3 Å². The summed E-state index contributed by atoms with van der Waals surface area (Å²) in [6, 6.07) is 31.2. The lowest BCUT2D eigenvalue weighted by Gasteiger charge is -2.58. The SMILES string of the molecule is C=CCOC(c1ccnc2ccccc12)C1CC2CC[N+]1(Cc1c3ccccc3cc3ccccc13)CC2C=C.[Br-]. The molecule has 4 aromatic carbocycles. The highest BCUT2D eigenvalue weighted by Gasteiger charge is 2.54. The summed E-state index contributed by atoms with van der Waals surface area (Å²) in [5.41, 5.74) is 3.74. The number of quaternary nitrogens is 1. The van der Waals surface area contributed by atoms with Crippen LogP contribution in [0.5, 0.6) is 0 Å². The first-order chi connectivity index (χ1) is 19.7. The van der Waals surface area contributed by atoms with Crippen molar-refractivity contribution < 1.29 is 26.2 Å². The molecule has 41 heavy (non-hydrogen) atoms. The monoisotopic (exact) mass is 604 g/mol. The zero-order valence-corrected chi connectivity index (χ0v) is 25.0. The van der Waals surface area contributed by atoms with Gasteiger partial charge in [0, 0.05) is 35.9 Å². The van der Waals surface area contributed by atoms with Crippen molar-refractivity contribution in [2.45, 2.75) is 31.5 Å². The molecule has 0 amide bonds. The molecule has 1 aromatic heterocycles. The lowest BCUT2D eigenvalue weighted by atomic mass is 9.70. The zero-order valence-electron chi connectivity index (χ0n) is 23.5. The van der Waals surface area contributed by atoms with Gasteiger partial charge in [-0.3, -0.25) is 4.98 Å². The third kappa shape index (κ3) is 4.82. The number of benzene rings is 4. The maximum atomic E-state index is 6.80. The van der Waals surface area contributed by atoms with Gasteiger partial charge in [-0.15, -0.1) is 13.2 Å². The second kappa shape index (κ2) is 11.5. The van der Waals surface area contributed by atoms with E-state index >= 15 is 0 Å². The van der Waals surface area contributed by atoms with Gasteiger partial charge in [0.05, 0.1) is 25.2 Å². The molecule has 0 saturated carbocycles. The third-order valence-electron chi connectivity index (χ3n) is 9.76. The molecule has 208 valence electrons. The molecule has 3 aliphatic heterocycles. The van der Waals surface area contributed by atoms with Crippen LogP contribution in [0.4, 0.5) is 0 Å². The molecule has 0 radical (unpaired) electrons. The van der Waals surface area contributed by atoms with Crippen LogP contribution >= 0.6 is 0 Å². The van der Waals surface area contributed by atoms with Gasteiger partial charge in [-0.05, 0) is 51.2 Å². The molecular weight excluding hydrogens is 568 g/mol. The molecule has 5 aromatic rings. The minimum atomic E-state index is -0.0410. The number of hydrogen-bond donors (Lipinski definition) is 0. The molecule has 8 rings (SSSR count). The summed E-state index contributed by atoms with van der Waals surface area (Å²) >= 11 is 0. The highest BCUT2D eigenvalue weighted by Crippen LogP contribution is 2.50. The van der Waals surface area contributed by atoms with Crippen LogP contribution in [0, 0.1) is 11.8 Å². The van der Waals surface area contributed by atoms with E-state index < -0.39 is 0 Å². The molecule has 3 fully saturated rings. The highest BCUT2D eigenvalue weighted by molar-refractivity contribution is 6.02. The molecule has 5 atom stereocenters. The van der Waals surface area contributed by atoms with Crippen LogP contribution in [-0.4, -0.2) is 35.2 Å². The molecule has 0 aliphatic carbocycles. The maximum Gasteiger partial charge on any atom is 0.135 e. The zero-order chi connectivity index (χ0) is 27.1.